The van der Waals surface area contributed by atoms with Gasteiger partial charge in [-0.25, -0.2) is 4.21 Å². The van der Waals surface area contributed by atoms with Crippen LogP contribution in [0, 0.1) is 0 Å². The van der Waals surface area contributed by atoms with Gasteiger partial charge in [0.15, 0.2) is 0 Å². The summed E-state index contributed by atoms with van der Waals surface area (Å²) in [5.41, 5.74) is 0.925. The first-order chi connectivity index (χ1) is 6.24. The molecule has 1 atom stereocenters. The molecule has 0 radical (unpaired) electrons. The van der Waals surface area contributed by atoms with Crippen molar-refractivity contribution in [2.24, 2.45) is 0 Å². The van der Waals surface area contributed by atoms with Crippen LogP contribution >= 0.6 is 0 Å². The topological polar surface area (TPSA) is 49.4 Å². The van der Waals surface area contributed by atoms with E-state index in [4.69, 9.17) is 0 Å². The molecule has 0 aromatic heterocycles. The Morgan fingerprint density at radius 1 is 1.43 bits per heavy atom. The Balaban J connectivity index is 0.00000169. The Labute approximate surface area is 109 Å². The molecule has 3 nitrogen and oxygen atoms in total. The van der Waals surface area contributed by atoms with Crippen LogP contribution in [-0.2, 0) is 17.8 Å². The Morgan fingerprint density at radius 2 is 2.07 bits per heavy atom. The van der Waals surface area contributed by atoms with Crippen LogP contribution in [0.4, 0.5) is 0 Å². The van der Waals surface area contributed by atoms with Crippen molar-refractivity contribution in [1.29, 1.82) is 0 Å². The summed E-state index contributed by atoms with van der Waals surface area (Å²) >= 11 is -2.48. The quantitative estimate of drug-likeness (QED) is 0.476. The molecule has 1 aromatic carbocycles. The molecule has 0 N–H and O–H groups in total. The summed E-state index contributed by atoms with van der Waals surface area (Å²) in [4.78, 5) is 0. The molecule has 1 rings (SSSR count). The van der Waals surface area contributed by atoms with E-state index in [1.54, 1.807) is 12.1 Å². The van der Waals surface area contributed by atoms with Gasteiger partial charge < -0.3 is 8.74 Å². The number of para-hydroxylation sites is 1. The van der Waals surface area contributed by atoms with Gasteiger partial charge in [-0.15, -0.1) is 0 Å². The smallest absolute Gasteiger partial charge is 0.740 e. The van der Waals surface area contributed by atoms with Crippen LogP contribution in [0.2, 0.25) is 0 Å². The van der Waals surface area contributed by atoms with Gasteiger partial charge >= 0.3 is 29.6 Å². The molecule has 0 spiro atoms. The molecule has 14 heavy (non-hydrogen) atoms. The van der Waals surface area contributed by atoms with Crippen LogP contribution in [0.1, 0.15) is 18.9 Å². The van der Waals surface area contributed by atoms with Gasteiger partial charge in [-0.3, -0.25) is 0 Å². The largest absolute Gasteiger partial charge is 1.00 e. The van der Waals surface area contributed by atoms with Crippen LogP contribution < -0.4 is 33.7 Å². The molecule has 1 aromatic rings. The molecular weight excluding hydrogens is 211 g/mol. The van der Waals surface area contributed by atoms with Gasteiger partial charge in [0.1, 0.15) is 17.1 Å². The zero-order valence-corrected chi connectivity index (χ0v) is 11.2. The average molecular weight is 222 g/mol. The van der Waals surface area contributed by atoms with Crippen molar-refractivity contribution in [2.45, 2.75) is 19.8 Å². The summed E-state index contributed by atoms with van der Waals surface area (Å²) in [5.74, 6) is 0.428. The standard InChI is InChI=1S/C9H12O3S.Na/c1-2-5-8-6-3-4-7-9(8)12-13(10)11;/h3-4,6-7H,2,5H2,1H3,(H,10,11);/q;+1/p-1. The van der Waals surface area contributed by atoms with Crippen LogP contribution in [0.15, 0.2) is 24.3 Å². The molecule has 0 aliphatic carbocycles. The normalized spacial score (nSPS) is 11.6. The van der Waals surface area contributed by atoms with Gasteiger partial charge in [0.25, 0.3) is 0 Å². The van der Waals surface area contributed by atoms with E-state index in [1.165, 1.54) is 0 Å². The average Bonchev–Trinajstić information content (AvgIpc) is 2.08. The van der Waals surface area contributed by atoms with Gasteiger partial charge in [0.05, 0.1) is 0 Å². The minimum atomic E-state index is -2.48. The summed E-state index contributed by atoms with van der Waals surface area (Å²) in [7, 11) is 0. The predicted octanol–water partition coefficient (Wildman–Crippen LogP) is -1.18. The minimum absolute atomic E-state index is 0. The summed E-state index contributed by atoms with van der Waals surface area (Å²) < 4.78 is 25.2. The third-order valence-corrected chi connectivity index (χ3v) is 1.97. The van der Waals surface area contributed by atoms with E-state index in [1.807, 2.05) is 19.1 Å². The van der Waals surface area contributed by atoms with Gasteiger partial charge in [0.2, 0.25) is 0 Å². The fourth-order valence-electron chi connectivity index (χ4n) is 1.13. The number of benzene rings is 1. The number of hydrogen-bond acceptors (Lipinski definition) is 3. The zero-order valence-electron chi connectivity index (χ0n) is 8.36. The predicted molar refractivity (Wildman–Crippen MR) is 50.0 cm³/mol. The molecule has 0 heterocycles. The Morgan fingerprint density at radius 3 is 2.64 bits per heavy atom. The van der Waals surface area contributed by atoms with E-state index in [0.717, 1.165) is 18.4 Å². The second-order valence-electron chi connectivity index (χ2n) is 2.65. The van der Waals surface area contributed by atoms with E-state index in [-0.39, 0.29) is 29.6 Å². The fraction of sp³-hybridized carbons (Fsp3) is 0.333. The monoisotopic (exact) mass is 222 g/mol. The van der Waals surface area contributed by atoms with Crippen LogP contribution in [0.25, 0.3) is 0 Å². The maximum Gasteiger partial charge on any atom is 1.00 e. The Bertz CT molecular complexity index is 304. The second-order valence-corrected chi connectivity index (χ2v) is 3.22. The van der Waals surface area contributed by atoms with Gasteiger partial charge in [-0.1, -0.05) is 31.5 Å². The van der Waals surface area contributed by atoms with Crippen molar-refractivity contribution >= 4 is 11.4 Å². The second kappa shape index (κ2) is 7.43. The third kappa shape index (κ3) is 4.57. The summed E-state index contributed by atoms with van der Waals surface area (Å²) in [5, 5.41) is 0. The third-order valence-electron chi connectivity index (χ3n) is 1.65. The van der Waals surface area contributed by atoms with Gasteiger partial charge in [-0.05, 0) is 18.1 Å². The summed E-state index contributed by atoms with van der Waals surface area (Å²) in [6, 6.07) is 7.14. The SMILES string of the molecule is CCCc1ccccc1OS(=O)[O-].[Na+]. The molecule has 0 fully saturated rings. The van der Waals surface area contributed by atoms with Crippen LogP contribution in [-0.4, -0.2) is 8.76 Å². The summed E-state index contributed by atoms with van der Waals surface area (Å²) in [6.45, 7) is 2.03. The van der Waals surface area contributed by atoms with Crippen LogP contribution in [0.3, 0.4) is 0 Å². The molecule has 72 valence electrons. The van der Waals surface area contributed by atoms with Gasteiger partial charge in [0, 0.05) is 0 Å². The molecule has 5 heteroatoms. The Hall–Kier alpha value is 0.130. The fourth-order valence-corrected chi connectivity index (χ4v) is 1.44. The minimum Gasteiger partial charge on any atom is -0.740 e. The molecule has 0 saturated carbocycles. The van der Waals surface area contributed by atoms with E-state index in [2.05, 4.69) is 4.18 Å². The molecule has 0 aliphatic heterocycles. The van der Waals surface area contributed by atoms with Crippen molar-refractivity contribution < 1.29 is 42.5 Å². The molecule has 0 saturated heterocycles. The molecule has 0 aliphatic rings. The maximum atomic E-state index is 10.3. The first kappa shape index (κ1) is 14.1. The van der Waals surface area contributed by atoms with E-state index < -0.39 is 11.4 Å². The van der Waals surface area contributed by atoms with E-state index in [0.29, 0.717) is 5.75 Å². The molecule has 0 amide bonds. The van der Waals surface area contributed by atoms with Crippen molar-refractivity contribution in [3.8, 4) is 5.75 Å². The first-order valence-corrected chi connectivity index (χ1v) is 5.09. The number of aryl methyl sites for hydroxylation is 1. The van der Waals surface area contributed by atoms with Gasteiger partial charge in [-0.2, -0.15) is 0 Å². The zero-order chi connectivity index (χ0) is 9.68. The van der Waals surface area contributed by atoms with Crippen molar-refractivity contribution in [2.75, 3.05) is 0 Å². The van der Waals surface area contributed by atoms with E-state index >= 15 is 0 Å². The van der Waals surface area contributed by atoms with E-state index in [9.17, 15) is 8.76 Å². The number of hydrogen-bond donors (Lipinski definition) is 0. The molecular formula is C9H11NaO3S. The van der Waals surface area contributed by atoms with Crippen molar-refractivity contribution in [1.82, 2.24) is 0 Å². The Kier molecular flexibility index (Phi) is 7.49. The summed E-state index contributed by atoms with van der Waals surface area (Å²) in [6.07, 6.45) is 1.79. The molecule has 0 bridgehead atoms. The van der Waals surface area contributed by atoms with Crippen molar-refractivity contribution in [3.05, 3.63) is 29.8 Å². The molecule has 1 unspecified atom stereocenters. The maximum absolute atomic E-state index is 10.3. The first-order valence-electron chi connectivity index (χ1n) is 4.09. The van der Waals surface area contributed by atoms with Crippen molar-refractivity contribution in [3.63, 3.8) is 0 Å². The number of rotatable bonds is 4. The van der Waals surface area contributed by atoms with Crippen LogP contribution in [0.5, 0.6) is 5.75 Å².